The summed E-state index contributed by atoms with van der Waals surface area (Å²) in [6, 6.07) is 6.75. The Morgan fingerprint density at radius 2 is 1.65 bits per heavy atom. The number of nitrogens with zero attached hydrogens (tertiary/aromatic N) is 2. The Morgan fingerprint density at radius 1 is 1.00 bits per heavy atom. The molecule has 4 N–H and O–H groups in total. The molecule has 0 aliphatic heterocycles. The van der Waals surface area contributed by atoms with Crippen LogP contribution < -0.4 is 11.5 Å². The Bertz CT molecular complexity index is 469. The van der Waals surface area contributed by atoms with Crippen LogP contribution >= 0.6 is 45.8 Å². The van der Waals surface area contributed by atoms with Gasteiger partial charge in [0.2, 0.25) is 0 Å². The van der Waals surface area contributed by atoms with Gasteiger partial charge in [0, 0.05) is 0 Å². The van der Waals surface area contributed by atoms with E-state index in [4.69, 9.17) is 34.7 Å². The third-order valence-corrected chi connectivity index (χ3v) is 2.89. The summed E-state index contributed by atoms with van der Waals surface area (Å²) in [6.07, 6.45) is 1.52. The third-order valence-electron chi connectivity index (χ3n) is 1.59. The van der Waals surface area contributed by atoms with Crippen LogP contribution in [0.3, 0.4) is 0 Å². The van der Waals surface area contributed by atoms with E-state index in [2.05, 4.69) is 9.97 Å². The molecule has 0 bridgehead atoms. The average molecular weight is 383 g/mol. The maximum atomic E-state index is 5.55. The van der Waals surface area contributed by atoms with E-state index in [1.54, 1.807) is 24.3 Å². The Hall–Kier alpha value is -0.790. The van der Waals surface area contributed by atoms with Gasteiger partial charge in [0.1, 0.15) is 14.0 Å². The van der Waals surface area contributed by atoms with Gasteiger partial charge in [-0.25, -0.2) is 9.97 Å². The molecule has 2 rings (SSSR count). The van der Waals surface area contributed by atoms with E-state index in [0.29, 0.717) is 21.7 Å². The van der Waals surface area contributed by atoms with E-state index in [1.807, 2.05) is 22.6 Å². The summed E-state index contributed by atoms with van der Waals surface area (Å²) < 4.78 is 0.750. The zero-order valence-electron chi connectivity index (χ0n) is 8.57. The van der Waals surface area contributed by atoms with Crippen molar-refractivity contribution in [2.24, 2.45) is 0 Å². The zero-order chi connectivity index (χ0) is 12.8. The molecule has 7 heteroatoms. The first kappa shape index (κ1) is 14.3. The van der Waals surface area contributed by atoms with Crippen LogP contribution in [0.5, 0.6) is 0 Å². The highest BCUT2D eigenvalue weighted by atomic mass is 127. The molecule has 17 heavy (non-hydrogen) atoms. The number of anilines is 2. The maximum Gasteiger partial charge on any atom is 0.130 e. The predicted molar refractivity (Wildman–Crippen MR) is 80.0 cm³/mol. The largest absolute Gasteiger partial charge is 0.397 e. The van der Waals surface area contributed by atoms with Gasteiger partial charge < -0.3 is 11.5 Å². The molecule has 0 unspecified atom stereocenters. The number of pyridine rings is 2. The molecule has 0 amide bonds. The van der Waals surface area contributed by atoms with Gasteiger partial charge in [-0.05, 0) is 46.9 Å². The third kappa shape index (κ3) is 5.38. The van der Waals surface area contributed by atoms with E-state index in [1.165, 1.54) is 6.20 Å². The zero-order valence-corrected chi connectivity index (χ0v) is 12.2. The molecule has 4 nitrogen and oxygen atoms in total. The van der Waals surface area contributed by atoms with Crippen LogP contribution in [0.25, 0.3) is 0 Å². The minimum Gasteiger partial charge on any atom is -0.397 e. The van der Waals surface area contributed by atoms with E-state index in [0.717, 1.165) is 3.70 Å². The topological polar surface area (TPSA) is 77.8 Å². The van der Waals surface area contributed by atoms with Crippen LogP contribution in [-0.4, -0.2) is 9.97 Å². The number of hydrogen-bond donors (Lipinski definition) is 2. The van der Waals surface area contributed by atoms with Gasteiger partial charge in [0.25, 0.3) is 0 Å². The van der Waals surface area contributed by atoms with Crippen LogP contribution in [0.15, 0.2) is 30.5 Å². The fraction of sp³-hybridized carbons (Fsp3) is 0. The van der Waals surface area contributed by atoms with Crippen molar-refractivity contribution in [3.8, 4) is 0 Å². The predicted octanol–water partition coefficient (Wildman–Crippen LogP) is 3.24. The van der Waals surface area contributed by atoms with Gasteiger partial charge in [-0.15, -0.1) is 0 Å². The van der Waals surface area contributed by atoms with Gasteiger partial charge in [0.05, 0.1) is 17.6 Å². The summed E-state index contributed by atoms with van der Waals surface area (Å²) in [7, 11) is 0. The second-order valence-corrected chi connectivity index (χ2v) is 4.72. The molecule has 0 aromatic carbocycles. The van der Waals surface area contributed by atoms with Crippen molar-refractivity contribution in [3.63, 3.8) is 0 Å². The van der Waals surface area contributed by atoms with Gasteiger partial charge in [-0.2, -0.15) is 0 Å². The first-order valence-electron chi connectivity index (χ1n) is 4.43. The monoisotopic (exact) mass is 382 g/mol. The fourth-order valence-electron chi connectivity index (χ4n) is 0.810. The molecule has 0 aliphatic rings. The molecular formula is C10H9Cl2IN4. The Labute approximate surface area is 122 Å². The van der Waals surface area contributed by atoms with E-state index in [9.17, 15) is 0 Å². The number of halogens is 3. The number of aromatic nitrogens is 2. The second-order valence-electron chi connectivity index (χ2n) is 2.93. The smallest absolute Gasteiger partial charge is 0.130 e. The fourth-order valence-corrected chi connectivity index (χ4v) is 1.65. The van der Waals surface area contributed by atoms with Gasteiger partial charge in [-0.1, -0.05) is 23.2 Å². The van der Waals surface area contributed by atoms with E-state index in [-0.39, 0.29) is 0 Å². The van der Waals surface area contributed by atoms with Crippen molar-refractivity contribution in [2.45, 2.75) is 0 Å². The minimum atomic E-state index is 0.471. The van der Waals surface area contributed by atoms with Crippen LogP contribution in [0, 0.1) is 3.70 Å². The van der Waals surface area contributed by atoms with Crippen molar-refractivity contribution in [1.29, 1.82) is 0 Å². The van der Waals surface area contributed by atoms with Crippen LogP contribution in [0.2, 0.25) is 10.3 Å². The molecule has 0 aliphatic carbocycles. The van der Waals surface area contributed by atoms with Crippen molar-refractivity contribution in [3.05, 3.63) is 44.5 Å². The SMILES string of the molecule is Nc1ccc(Cl)nc1.Nc1ccc(Cl)nc1I. The summed E-state index contributed by atoms with van der Waals surface area (Å²) >= 11 is 13.0. The number of nitrogens with two attached hydrogens (primary N) is 2. The van der Waals surface area contributed by atoms with Gasteiger partial charge >= 0.3 is 0 Å². The molecule has 0 fully saturated rings. The normalized spacial score (nSPS) is 9.35. The Morgan fingerprint density at radius 3 is 2.06 bits per heavy atom. The van der Waals surface area contributed by atoms with Crippen molar-refractivity contribution < 1.29 is 0 Å². The lowest BCUT2D eigenvalue weighted by molar-refractivity contribution is 1.28. The van der Waals surface area contributed by atoms with Crippen LogP contribution in [0.1, 0.15) is 0 Å². The molecular weight excluding hydrogens is 374 g/mol. The summed E-state index contributed by atoms with van der Waals surface area (Å²) in [5.74, 6) is 0. The second kappa shape index (κ2) is 6.83. The summed E-state index contributed by atoms with van der Waals surface area (Å²) in [5, 5.41) is 0.952. The average Bonchev–Trinajstić information content (AvgIpc) is 2.29. The molecule has 0 saturated carbocycles. The highest BCUT2D eigenvalue weighted by Crippen LogP contribution is 2.14. The van der Waals surface area contributed by atoms with Crippen LogP contribution in [-0.2, 0) is 0 Å². The molecule has 90 valence electrons. The maximum absolute atomic E-state index is 5.55. The standard InChI is InChI=1S/C5H4ClIN2.C5H5ClN2/c6-4-2-1-3(8)5(7)9-4;6-5-2-1-4(7)3-8-5/h1-2H,8H2;1-3H,7H2. The van der Waals surface area contributed by atoms with Crippen LogP contribution in [0.4, 0.5) is 11.4 Å². The Balaban J connectivity index is 0.000000171. The molecule has 0 spiro atoms. The summed E-state index contributed by atoms with van der Waals surface area (Å²) in [4.78, 5) is 7.62. The van der Waals surface area contributed by atoms with E-state index < -0.39 is 0 Å². The number of rotatable bonds is 0. The quantitative estimate of drug-likeness (QED) is 0.541. The lowest BCUT2D eigenvalue weighted by Gasteiger charge is -1.94. The molecule has 2 heterocycles. The summed E-state index contributed by atoms with van der Waals surface area (Å²) in [6.45, 7) is 0. The molecule has 0 atom stereocenters. The first-order valence-corrected chi connectivity index (χ1v) is 6.27. The van der Waals surface area contributed by atoms with Gasteiger partial charge in [0.15, 0.2) is 0 Å². The molecule has 0 saturated heterocycles. The minimum absolute atomic E-state index is 0.471. The number of nitrogen functional groups attached to an aromatic ring is 2. The Kier molecular flexibility index (Phi) is 5.73. The highest BCUT2D eigenvalue weighted by molar-refractivity contribution is 14.1. The summed E-state index contributed by atoms with van der Waals surface area (Å²) in [5.41, 5.74) is 12.1. The van der Waals surface area contributed by atoms with E-state index >= 15 is 0 Å². The lowest BCUT2D eigenvalue weighted by Crippen LogP contribution is -1.91. The molecule has 0 radical (unpaired) electrons. The van der Waals surface area contributed by atoms with Crippen molar-refractivity contribution in [2.75, 3.05) is 11.5 Å². The highest BCUT2D eigenvalue weighted by Gasteiger charge is 1.94. The molecule has 2 aromatic rings. The lowest BCUT2D eigenvalue weighted by atomic mass is 10.4. The van der Waals surface area contributed by atoms with Crippen molar-refractivity contribution in [1.82, 2.24) is 9.97 Å². The molecule has 2 aromatic heterocycles. The first-order chi connectivity index (χ1) is 7.99. The van der Waals surface area contributed by atoms with Gasteiger partial charge in [-0.3, -0.25) is 0 Å². The number of hydrogen-bond acceptors (Lipinski definition) is 4. The van der Waals surface area contributed by atoms with Crippen molar-refractivity contribution >= 4 is 57.2 Å².